The van der Waals surface area contributed by atoms with Crippen molar-refractivity contribution in [2.24, 2.45) is 0 Å². The van der Waals surface area contributed by atoms with Crippen LogP contribution in [0.15, 0.2) is 18.2 Å². The minimum atomic E-state index is -0.433. The topological polar surface area (TPSA) is 75.3 Å². The second-order valence-electron chi connectivity index (χ2n) is 4.57. The van der Waals surface area contributed by atoms with Gasteiger partial charge in [0.15, 0.2) is 0 Å². The molecule has 0 bridgehead atoms. The summed E-state index contributed by atoms with van der Waals surface area (Å²) in [7, 11) is 0. The van der Waals surface area contributed by atoms with Crippen molar-refractivity contribution in [2.45, 2.75) is 32.2 Å². The van der Waals surface area contributed by atoms with Crippen molar-refractivity contribution in [3.63, 3.8) is 0 Å². The highest BCUT2D eigenvalue weighted by atomic mass is 35.5. The van der Waals surface area contributed by atoms with Crippen LogP contribution in [0, 0.1) is 0 Å². The summed E-state index contributed by atoms with van der Waals surface area (Å²) in [6.45, 7) is 3.88. The van der Waals surface area contributed by atoms with Crippen LogP contribution in [0.4, 0.5) is 5.69 Å². The van der Waals surface area contributed by atoms with Gasteiger partial charge in [0.2, 0.25) is 0 Å². The highest BCUT2D eigenvalue weighted by Crippen LogP contribution is 2.20. The van der Waals surface area contributed by atoms with Gasteiger partial charge in [-0.3, -0.25) is 4.79 Å². The lowest BCUT2D eigenvalue weighted by Crippen LogP contribution is -2.46. The fraction of sp³-hybridized carbons (Fsp3) is 0.462. The van der Waals surface area contributed by atoms with Crippen molar-refractivity contribution in [3.05, 3.63) is 28.8 Å². The van der Waals surface area contributed by atoms with E-state index in [4.69, 9.17) is 22.4 Å². The minimum Gasteiger partial charge on any atom is -0.398 e. The van der Waals surface area contributed by atoms with Gasteiger partial charge in [0.05, 0.1) is 5.56 Å². The van der Waals surface area contributed by atoms with Crippen LogP contribution in [-0.2, 0) is 0 Å². The number of rotatable bonds is 5. The molecule has 0 saturated heterocycles. The molecule has 1 atom stereocenters. The smallest absolute Gasteiger partial charge is 0.253 e. The van der Waals surface area contributed by atoms with Crippen LogP contribution in [0.3, 0.4) is 0 Å². The zero-order chi connectivity index (χ0) is 13.8. The van der Waals surface area contributed by atoms with Gasteiger partial charge < -0.3 is 16.2 Å². The van der Waals surface area contributed by atoms with Gasteiger partial charge in [-0.2, -0.15) is 0 Å². The molecule has 1 unspecified atom stereocenters. The average Bonchev–Trinajstić information content (AvgIpc) is 2.28. The number of aliphatic hydroxyl groups excluding tert-OH is 1. The number of hydrogen-bond acceptors (Lipinski definition) is 3. The Balaban J connectivity index is 2.87. The van der Waals surface area contributed by atoms with Crippen LogP contribution >= 0.6 is 11.6 Å². The fourth-order valence-corrected chi connectivity index (χ4v) is 1.84. The zero-order valence-corrected chi connectivity index (χ0v) is 11.4. The van der Waals surface area contributed by atoms with Crippen molar-refractivity contribution >= 4 is 23.2 Å². The average molecular weight is 271 g/mol. The molecule has 1 rings (SSSR count). The molecule has 1 aromatic carbocycles. The molecule has 18 heavy (non-hydrogen) atoms. The third-order valence-corrected chi connectivity index (χ3v) is 3.35. The van der Waals surface area contributed by atoms with E-state index in [2.05, 4.69) is 5.32 Å². The highest BCUT2D eigenvalue weighted by Gasteiger charge is 2.24. The zero-order valence-electron chi connectivity index (χ0n) is 10.7. The molecular weight excluding hydrogens is 252 g/mol. The Morgan fingerprint density at radius 3 is 2.72 bits per heavy atom. The lowest BCUT2D eigenvalue weighted by Gasteiger charge is -2.29. The summed E-state index contributed by atoms with van der Waals surface area (Å²) in [6, 6.07) is 4.77. The maximum absolute atomic E-state index is 12.1. The van der Waals surface area contributed by atoms with Gasteiger partial charge in [-0.15, -0.1) is 0 Å². The second-order valence-corrected chi connectivity index (χ2v) is 5.01. The van der Waals surface area contributed by atoms with Gasteiger partial charge in [-0.05, 0) is 38.0 Å². The minimum absolute atomic E-state index is 0.0285. The molecule has 5 heteroatoms. The Bertz CT molecular complexity index is 437. The standard InChI is InChI=1S/C13H19ClN2O2/c1-3-13(2,6-7-17)16-12(18)10-5-4-9(14)8-11(10)15/h4-5,8,17H,3,6-7,15H2,1-2H3,(H,16,18). The molecule has 0 aliphatic rings. The third kappa shape index (κ3) is 3.62. The number of carbonyl (C=O) groups is 1. The van der Waals surface area contributed by atoms with E-state index in [1.54, 1.807) is 18.2 Å². The van der Waals surface area contributed by atoms with Gasteiger partial charge in [0, 0.05) is 22.9 Å². The predicted molar refractivity (Wildman–Crippen MR) is 73.7 cm³/mol. The third-order valence-electron chi connectivity index (χ3n) is 3.12. The van der Waals surface area contributed by atoms with Crippen LogP contribution in [0.2, 0.25) is 5.02 Å². The molecule has 1 amide bonds. The van der Waals surface area contributed by atoms with E-state index in [1.165, 1.54) is 0 Å². The molecule has 0 aromatic heterocycles. The van der Waals surface area contributed by atoms with E-state index in [-0.39, 0.29) is 12.5 Å². The molecule has 0 fully saturated rings. The highest BCUT2D eigenvalue weighted by molar-refractivity contribution is 6.31. The Morgan fingerprint density at radius 1 is 1.56 bits per heavy atom. The Labute approximate surface area is 112 Å². The SMILES string of the molecule is CCC(C)(CCO)NC(=O)c1ccc(Cl)cc1N. The number of hydrogen-bond donors (Lipinski definition) is 3. The van der Waals surface area contributed by atoms with Gasteiger partial charge in [-0.25, -0.2) is 0 Å². The van der Waals surface area contributed by atoms with E-state index in [9.17, 15) is 4.79 Å². The van der Waals surface area contributed by atoms with Gasteiger partial charge in [0.25, 0.3) is 5.91 Å². The Hall–Kier alpha value is -1.26. The summed E-state index contributed by atoms with van der Waals surface area (Å²) in [5.74, 6) is -0.248. The molecule has 0 heterocycles. The first kappa shape index (κ1) is 14.8. The number of nitrogen functional groups attached to an aromatic ring is 1. The van der Waals surface area contributed by atoms with E-state index in [1.807, 2.05) is 13.8 Å². The van der Waals surface area contributed by atoms with Gasteiger partial charge >= 0.3 is 0 Å². The van der Waals surface area contributed by atoms with Gasteiger partial charge in [-0.1, -0.05) is 18.5 Å². The molecular formula is C13H19ClN2O2. The summed E-state index contributed by atoms with van der Waals surface area (Å²) in [5, 5.41) is 12.4. The van der Waals surface area contributed by atoms with E-state index in [0.29, 0.717) is 22.7 Å². The first-order valence-corrected chi connectivity index (χ1v) is 6.28. The Kier molecular flexibility index (Phi) is 4.99. The molecule has 4 N–H and O–H groups in total. The number of aliphatic hydroxyl groups is 1. The summed E-state index contributed by atoms with van der Waals surface area (Å²) >= 11 is 5.79. The van der Waals surface area contributed by atoms with Crippen LogP contribution in [0.5, 0.6) is 0 Å². The van der Waals surface area contributed by atoms with E-state index < -0.39 is 5.54 Å². The number of halogens is 1. The number of nitrogens with two attached hydrogens (primary N) is 1. The van der Waals surface area contributed by atoms with Crippen LogP contribution < -0.4 is 11.1 Å². The number of nitrogens with one attached hydrogen (secondary N) is 1. The van der Waals surface area contributed by atoms with Crippen molar-refractivity contribution in [1.82, 2.24) is 5.32 Å². The normalized spacial score (nSPS) is 14.0. The van der Waals surface area contributed by atoms with Crippen LogP contribution in [0.1, 0.15) is 37.0 Å². The summed E-state index contributed by atoms with van der Waals surface area (Å²) in [6.07, 6.45) is 1.23. The molecule has 0 saturated carbocycles. The number of amides is 1. The Morgan fingerprint density at radius 2 is 2.22 bits per heavy atom. The van der Waals surface area contributed by atoms with E-state index >= 15 is 0 Å². The predicted octanol–water partition coefficient (Wildman–Crippen LogP) is 2.20. The molecule has 0 spiro atoms. The van der Waals surface area contributed by atoms with Crippen LogP contribution in [0.25, 0.3) is 0 Å². The lowest BCUT2D eigenvalue weighted by molar-refractivity contribution is 0.0887. The quantitative estimate of drug-likeness (QED) is 0.718. The van der Waals surface area contributed by atoms with Crippen molar-refractivity contribution in [2.75, 3.05) is 12.3 Å². The van der Waals surface area contributed by atoms with Crippen molar-refractivity contribution < 1.29 is 9.90 Å². The summed E-state index contributed by atoms with van der Waals surface area (Å²) in [5.41, 5.74) is 6.08. The molecule has 4 nitrogen and oxygen atoms in total. The van der Waals surface area contributed by atoms with E-state index in [0.717, 1.165) is 6.42 Å². The second kappa shape index (κ2) is 6.07. The lowest BCUT2D eigenvalue weighted by atomic mass is 9.94. The number of benzene rings is 1. The maximum atomic E-state index is 12.1. The van der Waals surface area contributed by atoms with Crippen molar-refractivity contribution in [3.8, 4) is 0 Å². The number of anilines is 1. The fourth-order valence-electron chi connectivity index (χ4n) is 1.66. The first-order chi connectivity index (χ1) is 8.41. The summed E-state index contributed by atoms with van der Waals surface area (Å²) < 4.78 is 0. The van der Waals surface area contributed by atoms with Gasteiger partial charge in [0.1, 0.15) is 0 Å². The number of carbonyl (C=O) groups excluding carboxylic acids is 1. The molecule has 100 valence electrons. The molecule has 0 aliphatic heterocycles. The molecule has 0 aliphatic carbocycles. The van der Waals surface area contributed by atoms with Crippen molar-refractivity contribution in [1.29, 1.82) is 0 Å². The monoisotopic (exact) mass is 270 g/mol. The summed E-state index contributed by atoms with van der Waals surface area (Å²) in [4.78, 5) is 12.1. The first-order valence-electron chi connectivity index (χ1n) is 5.90. The molecule has 1 aromatic rings. The largest absolute Gasteiger partial charge is 0.398 e. The maximum Gasteiger partial charge on any atom is 0.253 e. The molecule has 0 radical (unpaired) electrons. The van der Waals surface area contributed by atoms with Crippen LogP contribution in [-0.4, -0.2) is 23.2 Å².